The SMILES string of the molecule is Cc1cccc(C(=O)N2CC(Cn3ccc4nc(-c5cn[nH]c5)ccc43)CC2(C)C)c1. The van der Waals surface area contributed by atoms with Crippen molar-refractivity contribution >= 4 is 16.9 Å². The van der Waals surface area contributed by atoms with Gasteiger partial charge in [-0.3, -0.25) is 9.89 Å². The van der Waals surface area contributed by atoms with E-state index in [4.69, 9.17) is 4.98 Å². The minimum absolute atomic E-state index is 0.125. The van der Waals surface area contributed by atoms with Crippen molar-refractivity contribution in [1.29, 1.82) is 0 Å². The summed E-state index contributed by atoms with van der Waals surface area (Å²) in [6, 6.07) is 14.1. The fourth-order valence-electron chi connectivity index (χ4n) is 4.86. The molecule has 5 rings (SSSR count). The summed E-state index contributed by atoms with van der Waals surface area (Å²) in [4.78, 5) is 20.1. The van der Waals surface area contributed by atoms with Crippen molar-refractivity contribution in [1.82, 2.24) is 24.6 Å². The first-order valence-corrected chi connectivity index (χ1v) is 10.7. The Morgan fingerprint density at radius 1 is 1.23 bits per heavy atom. The molecule has 158 valence electrons. The van der Waals surface area contributed by atoms with Crippen LogP contribution in [-0.2, 0) is 6.54 Å². The molecule has 0 aliphatic carbocycles. The average molecular weight is 414 g/mol. The summed E-state index contributed by atoms with van der Waals surface area (Å²) in [5, 5.41) is 6.85. The first-order valence-electron chi connectivity index (χ1n) is 10.7. The maximum absolute atomic E-state index is 13.2. The number of hydrogen-bond donors (Lipinski definition) is 1. The lowest BCUT2D eigenvalue weighted by Crippen LogP contribution is -2.42. The van der Waals surface area contributed by atoms with Gasteiger partial charge in [0.25, 0.3) is 5.91 Å². The second kappa shape index (κ2) is 7.38. The molecule has 1 fully saturated rings. The number of amides is 1. The first-order chi connectivity index (χ1) is 14.9. The number of aryl methyl sites for hydroxylation is 1. The fraction of sp³-hybridized carbons (Fsp3) is 0.320. The van der Waals surface area contributed by atoms with Crippen molar-refractivity contribution < 1.29 is 4.79 Å². The Morgan fingerprint density at radius 3 is 2.87 bits per heavy atom. The highest BCUT2D eigenvalue weighted by Gasteiger charge is 2.41. The van der Waals surface area contributed by atoms with E-state index in [1.807, 2.05) is 48.4 Å². The molecule has 4 aromatic rings. The number of hydrogen-bond acceptors (Lipinski definition) is 3. The molecule has 0 bridgehead atoms. The number of aromatic amines is 1. The molecule has 1 unspecified atom stereocenters. The van der Waals surface area contributed by atoms with E-state index in [-0.39, 0.29) is 11.4 Å². The lowest BCUT2D eigenvalue weighted by molar-refractivity contribution is 0.0649. The van der Waals surface area contributed by atoms with Gasteiger partial charge in [0.05, 0.1) is 22.9 Å². The molecule has 1 amide bonds. The van der Waals surface area contributed by atoms with Crippen LogP contribution < -0.4 is 0 Å². The van der Waals surface area contributed by atoms with Crippen molar-refractivity contribution in [3.05, 3.63) is 72.2 Å². The fourth-order valence-corrected chi connectivity index (χ4v) is 4.86. The van der Waals surface area contributed by atoms with Gasteiger partial charge < -0.3 is 9.47 Å². The first kappa shape index (κ1) is 19.5. The zero-order valence-electron chi connectivity index (χ0n) is 18.2. The topological polar surface area (TPSA) is 66.8 Å². The molecule has 6 nitrogen and oxygen atoms in total. The maximum Gasteiger partial charge on any atom is 0.254 e. The number of carbonyl (C=O) groups is 1. The van der Waals surface area contributed by atoms with Crippen LogP contribution in [0.15, 0.2) is 61.1 Å². The number of nitrogens with zero attached hydrogens (tertiary/aromatic N) is 4. The molecule has 1 aromatic carbocycles. The van der Waals surface area contributed by atoms with E-state index in [2.05, 4.69) is 46.9 Å². The van der Waals surface area contributed by atoms with Gasteiger partial charge in [0.2, 0.25) is 0 Å². The lowest BCUT2D eigenvalue weighted by Gasteiger charge is -2.31. The third-order valence-corrected chi connectivity index (χ3v) is 6.34. The van der Waals surface area contributed by atoms with Gasteiger partial charge in [-0.25, -0.2) is 4.98 Å². The predicted octanol–water partition coefficient (Wildman–Crippen LogP) is 4.68. The zero-order chi connectivity index (χ0) is 21.6. The Morgan fingerprint density at radius 2 is 2.10 bits per heavy atom. The van der Waals surface area contributed by atoms with Crippen molar-refractivity contribution in [3.8, 4) is 11.3 Å². The number of aromatic nitrogens is 4. The Labute approximate surface area is 181 Å². The second-order valence-corrected chi connectivity index (χ2v) is 9.22. The number of benzene rings is 1. The molecule has 4 heterocycles. The number of rotatable bonds is 4. The number of likely N-dealkylation sites (tertiary alicyclic amines) is 1. The van der Waals surface area contributed by atoms with Gasteiger partial charge >= 0.3 is 0 Å². The molecule has 0 spiro atoms. The Bertz CT molecular complexity index is 1240. The normalized spacial score (nSPS) is 18.0. The van der Waals surface area contributed by atoms with Crippen LogP contribution in [0, 0.1) is 12.8 Å². The van der Waals surface area contributed by atoms with Crippen LogP contribution in [-0.4, -0.2) is 42.6 Å². The van der Waals surface area contributed by atoms with Gasteiger partial charge in [-0.05, 0) is 63.4 Å². The summed E-state index contributed by atoms with van der Waals surface area (Å²) >= 11 is 0. The minimum Gasteiger partial charge on any atom is -0.346 e. The van der Waals surface area contributed by atoms with E-state index in [1.165, 1.54) is 0 Å². The Balaban J connectivity index is 1.36. The summed E-state index contributed by atoms with van der Waals surface area (Å²) in [6.45, 7) is 8.01. The van der Waals surface area contributed by atoms with Crippen molar-refractivity contribution in [2.24, 2.45) is 5.92 Å². The number of pyridine rings is 1. The number of nitrogens with one attached hydrogen (secondary N) is 1. The maximum atomic E-state index is 13.2. The number of fused-ring (bicyclic) bond motifs is 1. The van der Waals surface area contributed by atoms with Crippen LogP contribution in [0.3, 0.4) is 0 Å². The number of carbonyl (C=O) groups excluding carboxylic acids is 1. The van der Waals surface area contributed by atoms with Crippen molar-refractivity contribution in [2.45, 2.75) is 39.3 Å². The molecule has 3 aromatic heterocycles. The highest BCUT2D eigenvalue weighted by atomic mass is 16.2. The third-order valence-electron chi connectivity index (χ3n) is 6.34. The van der Waals surface area contributed by atoms with Gasteiger partial charge in [-0.15, -0.1) is 0 Å². The summed E-state index contributed by atoms with van der Waals surface area (Å²) in [6.07, 6.45) is 6.72. The Kier molecular flexibility index (Phi) is 4.65. The monoisotopic (exact) mass is 413 g/mol. The average Bonchev–Trinajstić information content (AvgIpc) is 3.47. The molecular weight excluding hydrogens is 386 g/mol. The van der Waals surface area contributed by atoms with E-state index in [0.717, 1.165) is 52.9 Å². The standard InChI is InChI=1S/C25H27N5O/c1-17-5-4-6-19(11-17)24(31)30-16-18(12-25(30,2)3)15-29-10-9-22-23(29)8-7-21(28-22)20-13-26-27-14-20/h4-11,13-14,18H,12,15-16H2,1-3H3,(H,26,27). The van der Waals surface area contributed by atoms with Gasteiger partial charge in [-0.2, -0.15) is 5.10 Å². The molecule has 1 aliphatic heterocycles. The zero-order valence-corrected chi connectivity index (χ0v) is 18.2. The summed E-state index contributed by atoms with van der Waals surface area (Å²) in [5.74, 6) is 0.521. The van der Waals surface area contributed by atoms with Crippen LogP contribution in [0.5, 0.6) is 0 Å². The second-order valence-electron chi connectivity index (χ2n) is 9.22. The summed E-state index contributed by atoms with van der Waals surface area (Å²) in [5.41, 5.74) is 5.71. The van der Waals surface area contributed by atoms with E-state index < -0.39 is 0 Å². The van der Waals surface area contributed by atoms with Gasteiger partial charge in [0, 0.05) is 42.1 Å². The molecule has 0 saturated carbocycles. The van der Waals surface area contributed by atoms with Crippen LogP contribution in [0.1, 0.15) is 36.2 Å². The van der Waals surface area contributed by atoms with Crippen LogP contribution >= 0.6 is 0 Å². The van der Waals surface area contributed by atoms with Gasteiger partial charge in [-0.1, -0.05) is 17.7 Å². The lowest BCUT2D eigenvalue weighted by atomic mass is 9.96. The highest BCUT2D eigenvalue weighted by molar-refractivity contribution is 5.95. The molecule has 1 N–H and O–H groups in total. The van der Waals surface area contributed by atoms with Crippen LogP contribution in [0.25, 0.3) is 22.3 Å². The predicted molar refractivity (Wildman–Crippen MR) is 122 cm³/mol. The van der Waals surface area contributed by atoms with E-state index in [9.17, 15) is 4.79 Å². The summed E-state index contributed by atoms with van der Waals surface area (Å²) < 4.78 is 2.27. The smallest absolute Gasteiger partial charge is 0.254 e. The molecule has 1 aliphatic rings. The van der Waals surface area contributed by atoms with Crippen LogP contribution in [0.4, 0.5) is 0 Å². The number of H-pyrrole nitrogens is 1. The highest BCUT2D eigenvalue weighted by Crippen LogP contribution is 2.35. The van der Waals surface area contributed by atoms with Crippen molar-refractivity contribution in [2.75, 3.05) is 6.54 Å². The molecule has 31 heavy (non-hydrogen) atoms. The molecule has 1 saturated heterocycles. The molecule has 1 atom stereocenters. The van der Waals surface area contributed by atoms with Gasteiger partial charge in [0.15, 0.2) is 0 Å². The summed E-state index contributed by atoms with van der Waals surface area (Å²) in [7, 11) is 0. The van der Waals surface area contributed by atoms with Gasteiger partial charge in [0.1, 0.15) is 0 Å². The van der Waals surface area contributed by atoms with Crippen molar-refractivity contribution in [3.63, 3.8) is 0 Å². The molecular formula is C25H27N5O. The van der Waals surface area contributed by atoms with E-state index >= 15 is 0 Å². The van der Waals surface area contributed by atoms with Crippen LogP contribution in [0.2, 0.25) is 0 Å². The quantitative estimate of drug-likeness (QED) is 0.528. The minimum atomic E-state index is -0.166. The third kappa shape index (κ3) is 3.63. The molecule has 0 radical (unpaired) electrons. The van der Waals surface area contributed by atoms with E-state index in [0.29, 0.717) is 5.92 Å². The Hall–Kier alpha value is -3.41. The van der Waals surface area contributed by atoms with E-state index in [1.54, 1.807) is 6.20 Å². The molecule has 6 heteroatoms. The largest absolute Gasteiger partial charge is 0.346 e.